The summed E-state index contributed by atoms with van der Waals surface area (Å²) in [5, 5.41) is 0.259. The Hall–Kier alpha value is -0.573. The molecule has 3 heteroatoms. The fourth-order valence-corrected chi connectivity index (χ4v) is 4.35. The third-order valence-electron chi connectivity index (χ3n) is 4.49. The summed E-state index contributed by atoms with van der Waals surface area (Å²) in [6.07, 6.45) is 5.11. The highest BCUT2D eigenvalue weighted by Gasteiger charge is 2.50. The number of β-lactam (4-membered cyclic amide) rings is 1. The van der Waals surface area contributed by atoms with Crippen molar-refractivity contribution in [1.29, 1.82) is 0 Å². The third-order valence-corrected chi connectivity index (χ3v) is 9.91. The van der Waals surface area contributed by atoms with E-state index in [9.17, 15) is 4.79 Å². The Kier molecular flexibility index (Phi) is 4.23. The number of carbonyl (C=O) groups is 1. The van der Waals surface area contributed by atoms with E-state index in [1.807, 2.05) is 6.08 Å². The molecule has 17 heavy (non-hydrogen) atoms. The number of allylic oxidation sites excluding steroid dienone is 1. The summed E-state index contributed by atoms with van der Waals surface area (Å²) in [6.45, 7) is 16.1. The van der Waals surface area contributed by atoms with Crippen molar-refractivity contribution in [2.75, 3.05) is 6.54 Å². The maximum Gasteiger partial charge on any atom is 0.219 e. The molecule has 0 saturated carbocycles. The van der Waals surface area contributed by atoms with Crippen LogP contribution in [0.2, 0.25) is 18.1 Å². The summed E-state index contributed by atoms with van der Waals surface area (Å²) in [7, 11) is -1.61. The van der Waals surface area contributed by atoms with Crippen molar-refractivity contribution in [3.8, 4) is 0 Å². The Bertz CT molecular complexity index is 304. The van der Waals surface area contributed by atoms with Gasteiger partial charge in [-0.15, -0.1) is 6.58 Å². The molecule has 1 atom stereocenters. The van der Waals surface area contributed by atoms with Gasteiger partial charge < -0.3 is 4.57 Å². The van der Waals surface area contributed by atoms with Crippen LogP contribution in [-0.2, 0) is 4.79 Å². The lowest BCUT2D eigenvalue weighted by Gasteiger charge is -2.53. The number of amides is 1. The van der Waals surface area contributed by atoms with Gasteiger partial charge in [0.05, 0.1) is 5.92 Å². The van der Waals surface area contributed by atoms with Crippen molar-refractivity contribution in [2.24, 2.45) is 5.92 Å². The lowest BCUT2D eigenvalue weighted by molar-refractivity contribution is -0.141. The number of hydrogen-bond acceptors (Lipinski definition) is 1. The standard InChI is InChI=1S/C14H27NOSi/c1-7-8-9-10-12-11-15(13(12)16)17(5,6)14(2,3)4/h7,12H,1,8-11H2,2-6H3. The van der Waals surface area contributed by atoms with E-state index in [2.05, 4.69) is 45.0 Å². The molecule has 0 aromatic carbocycles. The smallest absolute Gasteiger partial charge is 0.219 e. The van der Waals surface area contributed by atoms with E-state index in [1.54, 1.807) is 0 Å². The number of unbranched alkanes of at least 4 members (excludes halogenated alkanes) is 1. The van der Waals surface area contributed by atoms with Crippen LogP contribution >= 0.6 is 0 Å². The Morgan fingerprint density at radius 1 is 1.47 bits per heavy atom. The Morgan fingerprint density at radius 2 is 2.06 bits per heavy atom. The van der Waals surface area contributed by atoms with Gasteiger partial charge >= 0.3 is 0 Å². The van der Waals surface area contributed by atoms with Gasteiger partial charge in [-0.05, 0) is 24.3 Å². The van der Waals surface area contributed by atoms with Crippen LogP contribution in [0.3, 0.4) is 0 Å². The molecule has 0 spiro atoms. The van der Waals surface area contributed by atoms with Crippen molar-refractivity contribution in [1.82, 2.24) is 4.57 Å². The average Bonchev–Trinajstić information content (AvgIpc) is 2.19. The van der Waals surface area contributed by atoms with Gasteiger partial charge in [0.15, 0.2) is 8.24 Å². The van der Waals surface area contributed by atoms with Gasteiger partial charge in [-0.2, -0.15) is 0 Å². The summed E-state index contributed by atoms with van der Waals surface area (Å²) >= 11 is 0. The van der Waals surface area contributed by atoms with E-state index >= 15 is 0 Å². The maximum atomic E-state index is 12.2. The maximum absolute atomic E-state index is 12.2. The predicted molar refractivity (Wildman–Crippen MR) is 76.4 cm³/mol. The van der Waals surface area contributed by atoms with Crippen LogP contribution in [0.5, 0.6) is 0 Å². The summed E-state index contributed by atoms with van der Waals surface area (Å²) in [5.74, 6) is 0.699. The minimum absolute atomic E-state index is 0.259. The first-order valence-corrected chi connectivity index (χ1v) is 9.59. The summed E-state index contributed by atoms with van der Waals surface area (Å²) in [6, 6.07) is 0. The molecule has 1 heterocycles. The molecule has 0 aromatic rings. The summed E-state index contributed by atoms with van der Waals surface area (Å²) in [5.41, 5.74) is 0. The lowest BCUT2D eigenvalue weighted by Crippen LogP contribution is -2.67. The van der Waals surface area contributed by atoms with Crippen LogP contribution in [0.15, 0.2) is 12.7 Å². The van der Waals surface area contributed by atoms with Crippen LogP contribution in [0.4, 0.5) is 0 Å². The zero-order chi connectivity index (χ0) is 13.3. The highest BCUT2D eigenvalue weighted by molar-refractivity contribution is 6.79. The largest absolute Gasteiger partial charge is 0.368 e. The molecular weight excluding hydrogens is 226 g/mol. The van der Waals surface area contributed by atoms with E-state index in [0.29, 0.717) is 11.8 Å². The number of nitrogens with zero attached hydrogens (tertiary/aromatic N) is 1. The average molecular weight is 253 g/mol. The molecule has 1 aliphatic heterocycles. The molecule has 0 N–H and O–H groups in total. The Morgan fingerprint density at radius 3 is 2.47 bits per heavy atom. The number of rotatable bonds is 5. The van der Waals surface area contributed by atoms with Crippen LogP contribution in [0.25, 0.3) is 0 Å². The molecule has 0 aliphatic carbocycles. The first kappa shape index (κ1) is 14.5. The quantitative estimate of drug-likeness (QED) is 0.316. The van der Waals surface area contributed by atoms with Crippen molar-refractivity contribution < 1.29 is 4.79 Å². The lowest BCUT2D eigenvalue weighted by atomic mass is 9.95. The SMILES string of the molecule is C=CCCCC1CN([Si](C)(C)C(C)(C)C)C1=O. The number of carbonyl (C=O) groups excluding carboxylic acids is 1. The summed E-state index contributed by atoms with van der Waals surface area (Å²) in [4.78, 5) is 12.2. The zero-order valence-corrected chi connectivity index (χ0v) is 13.0. The molecular formula is C14H27NOSi. The van der Waals surface area contributed by atoms with E-state index in [1.165, 1.54) is 0 Å². The zero-order valence-electron chi connectivity index (χ0n) is 12.0. The Balaban J connectivity index is 2.52. The van der Waals surface area contributed by atoms with E-state index < -0.39 is 8.24 Å². The molecule has 0 bridgehead atoms. The van der Waals surface area contributed by atoms with E-state index in [-0.39, 0.29) is 5.04 Å². The van der Waals surface area contributed by atoms with Crippen molar-refractivity contribution in [3.63, 3.8) is 0 Å². The molecule has 2 nitrogen and oxygen atoms in total. The van der Waals surface area contributed by atoms with E-state index in [0.717, 1.165) is 25.8 Å². The van der Waals surface area contributed by atoms with Crippen LogP contribution in [-0.4, -0.2) is 25.3 Å². The van der Waals surface area contributed by atoms with Gasteiger partial charge in [0.2, 0.25) is 5.91 Å². The second-order valence-electron chi connectivity index (χ2n) is 6.67. The summed E-state index contributed by atoms with van der Waals surface area (Å²) < 4.78 is 2.19. The molecule has 1 saturated heterocycles. The minimum Gasteiger partial charge on any atom is -0.368 e. The molecule has 1 rings (SSSR count). The van der Waals surface area contributed by atoms with Crippen molar-refractivity contribution in [2.45, 2.75) is 58.2 Å². The molecule has 1 amide bonds. The minimum atomic E-state index is -1.61. The second kappa shape index (κ2) is 4.97. The van der Waals surface area contributed by atoms with Crippen LogP contribution < -0.4 is 0 Å². The highest BCUT2D eigenvalue weighted by atomic mass is 28.3. The van der Waals surface area contributed by atoms with Gasteiger partial charge in [-0.25, -0.2) is 0 Å². The normalized spacial score (nSPS) is 21.4. The van der Waals surface area contributed by atoms with Crippen molar-refractivity contribution in [3.05, 3.63) is 12.7 Å². The topological polar surface area (TPSA) is 20.3 Å². The molecule has 1 fully saturated rings. The third kappa shape index (κ3) is 2.82. The molecule has 1 unspecified atom stereocenters. The highest BCUT2D eigenvalue weighted by Crippen LogP contribution is 2.42. The monoisotopic (exact) mass is 253 g/mol. The predicted octanol–water partition coefficient (Wildman–Crippen LogP) is 3.81. The first-order valence-electron chi connectivity index (χ1n) is 6.64. The van der Waals surface area contributed by atoms with Gasteiger partial charge in [0.1, 0.15) is 0 Å². The molecule has 98 valence electrons. The van der Waals surface area contributed by atoms with Crippen LogP contribution in [0.1, 0.15) is 40.0 Å². The fourth-order valence-electron chi connectivity index (χ4n) is 2.13. The van der Waals surface area contributed by atoms with Gasteiger partial charge in [-0.3, -0.25) is 4.79 Å². The fraction of sp³-hybridized carbons (Fsp3) is 0.786. The molecule has 0 radical (unpaired) electrons. The Labute approximate surface area is 107 Å². The van der Waals surface area contributed by atoms with E-state index in [4.69, 9.17) is 0 Å². The van der Waals surface area contributed by atoms with Crippen LogP contribution in [0, 0.1) is 5.92 Å². The van der Waals surface area contributed by atoms with Gasteiger partial charge in [0, 0.05) is 6.54 Å². The number of hydrogen-bond donors (Lipinski definition) is 0. The second-order valence-corrected chi connectivity index (χ2v) is 11.8. The van der Waals surface area contributed by atoms with Gasteiger partial charge in [-0.1, -0.05) is 39.9 Å². The van der Waals surface area contributed by atoms with Gasteiger partial charge in [0.25, 0.3) is 0 Å². The molecule has 0 aromatic heterocycles. The first-order chi connectivity index (χ1) is 7.71. The van der Waals surface area contributed by atoms with Crippen molar-refractivity contribution >= 4 is 14.1 Å². The molecule has 1 aliphatic rings.